The number of hydrogen-bond acceptors (Lipinski definition) is 5. The normalized spacial score (nSPS) is 14.7. The summed E-state index contributed by atoms with van der Waals surface area (Å²) in [6, 6.07) is 17.8. The van der Waals surface area contributed by atoms with Gasteiger partial charge in [-0.3, -0.25) is 4.90 Å². The molecule has 4 rings (SSSR count). The molecule has 3 aromatic rings. The Kier molecular flexibility index (Phi) is 7.48. The predicted octanol–water partition coefficient (Wildman–Crippen LogP) is 4.99. The Balaban J connectivity index is 1.65. The zero-order valence-corrected chi connectivity index (χ0v) is 19.3. The van der Waals surface area contributed by atoms with Gasteiger partial charge in [0.05, 0.1) is 29.7 Å². The van der Waals surface area contributed by atoms with Crippen LogP contribution >= 0.6 is 11.6 Å². The van der Waals surface area contributed by atoms with Crippen molar-refractivity contribution in [1.82, 2.24) is 14.7 Å². The topological polar surface area (TPSA) is 59.8 Å². The number of aryl methyl sites for hydroxylation is 1. The molecular formula is C25H30ClN3O3. The molecule has 0 saturated heterocycles. The van der Waals surface area contributed by atoms with E-state index in [1.54, 1.807) is 0 Å². The van der Waals surface area contributed by atoms with Gasteiger partial charge in [0.1, 0.15) is 5.75 Å². The molecule has 1 N–H and O–H groups in total. The Morgan fingerprint density at radius 3 is 2.53 bits per heavy atom. The highest BCUT2D eigenvalue weighted by Gasteiger charge is 2.32. The van der Waals surface area contributed by atoms with Crippen molar-refractivity contribution in [2.24, 2.45) is 0 Å². The third-order valence-corrected chi connectivity index (χ3v) is 5.80. The molecule has 1 aliphatic carbocycles. The minimum absolute atomic E-state index is 0.343. The molecule has 0 unspecified atom stereocenters. The van der Waals surface area contributed by atoms with Crippen molar-refractivity contribution in [3.63, 3.8) is 0 Å². The summed E-state index contributed by atoms with van der Waals surface area (Å²) in [4.78, 5) is 2.32. The number of nitrogens with zero attached hydrogens (tertiary/aromatic N) is 3. The standard InChI is InChI=1S/C25H30ClN3O3/c1-3-31-17-22(30)15-28(20-11-12-20)16-24-18(2)27-29(21-7-5-4-6-8-21)25(24)32-23-13-9-19(26)10-14-23/h4-10,13-14,20,22,30H,3,11-12,15-17H2,1-2H3/t22-/m0/s1. The molecule has 1 heterocycles. The Hall–Kier alpha value is -2.38. The fraction of sp³-hybridized carbons (Fsp3) is 0.400. The molecule has 0 bridgehead atoms. The lowest BCUT2D eigenvalue weighted by Crippen LogP contribution is -2.36. The molecule has 2 aromatic carbocycles. The second-order valence-corrected chi connectivity index (χ2v) is 8.58. The van der Waals surface area contributed by atoms with Crippen molar-refractivity contribution in [1.29, 1.82) is 0 Å². The maximum absolute atomic E-state index is 10.5. The van der Waals surface area contributed by atoms with Crippen LogP contribution in [0.3, 0.4) is 0 Å². The molecular weight excluding hydrogens is 426 g/mol. The summed E-state index contributed by atoms with van der Waals surface area (Å²) >= 11 is 6.06. The van der Waals surface area contributed by atoms with E-state index in [1.807, 2.05) is 73.1 Å². The van der Waals surface area contributed by atoms with Crippen LogP contribution in [0.4, 0.5) is 0 Å². The SMILES string of the molecule is CCOC[C@@H](O)CN(Cc1c(C)nn(-c2ccccc2)c1Oc1ccc(Cl)cc1)C1CC1. The summed E-state index contributed by atoms with van der Waals surface area (Å²) in [5, 5.41) is 15.9. The molecule has 32 heavy (non-hydrogen) atoms. The van der Waals surface area contributed by atoms with Crippen LogP contribution in [0.5, 0.6) is 11.6 Å². The van der Waals surface area contributed by atoms with E-state index in [2.05, 4.69) is 4.90 Å². The van der Waals surface area contributed by atoms with Crippen LogP contribution in [0.25, 0.3) is 5.69 Å². The summed E-state index contributed by atoms with van der Waals surface area (Å²) < 4.78 is 13.6. The van der Waals surface area contributed by atoms with Gasteiger partial charge in [-0.05, 0) is 63.1 Å². The minimum Gasteiger partial charge on any atom is -0.439 e. The summed E-state index contributed by atoms with van der Waals surface area (Å²) in [6.07, 6.45) is 1.75. The maximum atomic E-state index is 10.5. The van der Waals surface area contributed by atoms with E-state index >= 15 is 0 Å². The Morgan fingerprint density at radius 2 is 1.88 bits per heavy atom. The van der Waals surface area contributed by atoms with Crippen LogP contribution < -0.4 is 4.74 Å². The van der Waals surface area contributed by atoms with Crippen LogP contribution in [0.2, 0.25) is 5.02 Å². The van der Waals surface area contributed by atoms with Crippen molar-refractivity contribution in [2.45, 2.75) is 45.4 Å². The van der Waals surface area contributed by atoms with E-state index < -0.39 is 6.10 Å². The van der Waals surface area contributed by atoms with Crippen molar-refractivity contribution in [3.05, 3.63) is 70.9 Å². The first-order chi connectivity index (χ1) is 15.5. The lowest BCUT2D eigenvalue weighted by Gasteiger charge is -2.25. The van der Waals surface area contributed by atoms with Crippen LogP contribution in [0.15, 0.2) is 54.6 Å². The summed E-state index contributed by atoms with van der Waals surface area (Å²) in [6.45, 7) is 6.09. The second-order valence-electron chi connectivity index (χ2n) is 8.15. The van der Waals surface area contributed by atoms with Crippen molar-refractivity contribution >= 4 is 11.6 Å². The number of aliphatic hydroxyl groups is 1. The fourth-order valence-corrected chi connectivity index (χ4v) is 3.87. The van der Waals surface area contributed by atoms with Crippen molar-refractivity contribution in [3.8, 4) is 17.3 Å². The number of hydrogen-bond donors (Lipinski definition) is 1. The Morgan fingerprint density at radius 1 is 1.16 bits per heavy atom. The molecule has 1 fully saturated rings. The zero-order chi connectivity index (χ0) is 22.5. The van der Waals surface area contributed by atoms with Gasteiger partial charge in [-0.1, -0.05) is 29.8 Å². The van der Waals surface area contributed by atoms with E-state index in [1.165, 1.54) is 0 Å². The van der Waals surface area contributed by atoms with E-state index in [0.29, 0.717) is 49.0 Å². The second kappa shape index (κ2) is 10.5. The number of rotatable bonds is 11. The van der Waals surface area contributed by atoms with Crippen LogP contribution in [0.1, 0.15) is 31.0 Å². The van der Waals surface area contributed by atoms with Gasteiger partial charge < -0.3 is 14.6 Å². The third-order valence-electron chi connectivity index (χ3n) is 5.55. The van der Waals surface area contributed by atoms with Crippen molar-refractivity contribution < 1.29 is 14.6 Å². The van der Waals surface area contributed by atoms with Gasteiger partial charge in [-0.15, -0.1) is 0 Å². The first kappa shape index (κ1) is 22.8. The number of aromatic nitrogens is 2. The molecule has 0 spiro atoms. The van der Waals surface area contributed by atoms with E-state index in [4.69, 9.17) is 26.2 Å². The number of halogens is 1. The molecule has 7 heteroatoms. The lowest BCUT2D eigenvalue weighted by atomic mass is 10.2. The maximum Gasteiger partial charge on any atom is 0.227 e. The molecule has 1 aliphatic rings. The molecule has 1 atom stereocenters. The molecule has 0 aliphatic heterocycles. The highest BCUT2D eigenvalue weighted by molar-refractivity contribution is 6.30. The number of benzene rings is 2. The zero-order valence-electron chi connectivity index (χ0n) is 18.6. The smallest absolute Gasteiger partial charge is 0.227 e. The highest BCUT2D eigenvalue weighted by atomic mass is 35.5. The summed E-state index contributed by atoms with van der Waals surface area (Å²) in [5.74, 6) is 1.38. The largest absolute Gasteiger partial charge is 0.439 e. The summed E-state index contributed by atoms with van der Waals surface area (Å²) in [7, 11) is 0. The number of ether oxygens (including phenoxy) is 2. The monoisotopic (exact) mass is 455 g/mol. The minimum atomic E-state index is -0.527. The van der Waals surface area contributed by atoms with Gasteiger partial charge in [0, 0.05) is 30.8 Å². The average molecular weight is 456 g/mol. The van der Waals surface area contributed by atoms with Gasteiger partial charge >= 0.3 is 0 Å². The van der Waals surface area contributed by atoms with Gasteiger partial charge in [0.25, 0.3) is 0 Å². The fourth-order valence-electron chi connectivity index (χ4n) is 3.75. The van der Waals surface area contributed by atoms with Crippen molar-refractivity contribution in [2.75, 3.05) is 19.8 Å². The highest BCUT2D eigenvalue weighted by Crippen LogP contribution is 2.35. The van der Waals surface area contributed by atoms with Crippen LogP contribution in [0, 0.1) is 6.92 Å². The van der Waals surface area contributed by atoms with E-state index in [0.717, 1.165) is 29.8 Å². The quantitative estimate of drug-likeness (QED) is 0.441. The lowest BCUT2D eigenvalue weighted by molar-refractivity contribution is 0.0177. The van der Waals surface area contributed by atoms with Crippen LogP contribution in [-0.2, 0) is 11.3 Å². The Labute approximate surface area is 194 Å². The Bertz CT molecular complexity index is 1000. The number of aliphatic hydroxyl groups excluding tert-OH is 1. The molecule has 1 aromatic heterocycles. The van der Waals surface area contributed by atoms with Gasteiger partial charge in [0.2, 0.25) is 5.88 Å². The first-order valence-corrected chi connectivity index (χ1v) is 11.5. The molecule has 0 amide bonds. The average Bonchev–Trinajstić information content (AvgIpc) is 3.60. The van der Waals surface area contributed by atoms with Gasteiger partial charge in [-0.25, -0.2) is 4.68 Å². The van der Waals surface area contributed by atoms with E-state index in [9.17, 15) is 5.11 Å². The van der Waals surface area contributed by atoms with Crippen LogP contribution in [-0.4, -0.2) is 51.7 Å². The molecule has 170 valence electrons. The van der Waals surface area contributed by atoms with Gasteiger partial charge in [-0.2, -0.15) is 5.10 Å². The molecule has 0 radical (unpaired) electrons. The van der Waals surface area contributed by atoms with E-state index in [-0.39, 0.29) is 0 Å². The number of para-hydroxylation sites is 1. The predicted molar refractivity (Wildman–Crippen MR) is 126 cm³/mol. The van der Waals surface area contributed by atoms with Gasteiger partial charge in [0.15, 0.2) is 0 Å². The first-order valence-electron chi connectivity index (χ1n) is 11.1. The summed E-state index contributed by atoms with van der Waals surface area (Å²) in [5.41, 5.74) is 2.85. The molecule has 6 nitrogen and oxygen atoms in total. The molecule has 1 saturated carbocycles. The third kappa shape index (κ3) is 5.70.